The molecule has 1 aliphatic rings. The summed E-state index contributed by atoms with van der Waals surface area (Å²) in [7, 11) is 0. The maximum absolute atomic E-state index is 13.4. The van der Waals surface area contributed by atoms with Crippen LogP contribution in [0.5, 0.6) is 0 Å². The molecule has 1 N–H and O–H groups in total. The van der Waals surface area contributed by atoms with E-state index < -0.39 is 17.6 Å². The van der Waals surface area contributed by atoms with Gasteiger partial charge in [0.1, 0.15) is 17.1 Å². The highest BCUT2D eigenvalue weighted by Gasteiger charge is 2.31. The Hall–Kier alpha value is -4.40. The van der Waals surface area contributed by atoms with Gasteiger partial charge in [-0.15, -0.1) is 0 Å². The van der Waals surface area contributed by atoms with E-state index in [9.17, 15) is 18.8 Å². The average molecular weight is 461 g/mol. The standard InChI is InChI=1S/C25H20FN3O5/c26-17-9-7-16(8-10-17)23(30)27-21-18-4-1-2-5-19(18)34-22(21)25(32)29-13-11-28(12-14-29)24(31)20-6-3-15-33-20/h1-10,15H,11-14H2,(H,27,30). The van der Waals surface area contributed by atoms with Crippen molar-refractivity contribution in [2.45, 2.75) is 0 Å². The Bertz CT molecular complexity index is 1350. The third-order valence-corrected chi connectivity index (χ3v) is 5.72. The normalized spacial score (nSPS) is 13.8. The molecule has 0 atom stereocenters. The molecule has 0 spiro atoms. The summed E-state index contributed by atoms with van der Waals surface area (Å²) in [6.45, 7) is 1.27. The lowest BCUT2D eigenvalue weighted by atomic mass is 10.1. The van der Waals surface area contributed by atoms with E-state index in [1.807, 2.05) is 0 Å². The Balaban J connectivity index is 1.37. The first kappa shape index (κ1) is 21.4. The fraction of sp³-hybridized carbons (Fsp3) is 0.160. The second-order valence-corrected chi connectivity index (χ2v) is 7.83. The number of halogens is 1. The predicted octanol–water partition coefficient (Wildman–Crippen LogP) is 4.02. The van der Waals surface area contributed by atoms with Gasteiger partial charge in [-0.25, -0.2) is 4.39 Å². The van der Waals surface area contributed by atoms with Gasteiger partial charge >= 0.3 is 0 Å². The minimum atomic E-state index is -0.491. The van der Waals surface area contributed by atoms with Crippen molar-refractivity contribution in [3.8, 4) is 0 Å². The van der Waals surface area contributed by atoms with Crippen LogP contribution in [0.25, 0.3) is 11.0 Å². The molecular formula is C25H20FN3O5. The minimum absolute atomic E-state index is 0.00229. The molecule has 1 aliphatic heterocycles. The highest BCUT2D eigenvalue weighted by atomic mass is 19.1. The first-order valence-electron chi connectivity index (χ1n) is 10.7. The van der Waals surface area contributed by atoms with Gasteiger partial charge in [0.2, 0.25) is 5.76 Å². The van der Waals surface area contributed by atoms with Crippen LogP contribution in [0, 0.1) is 5.82 Å². The number of carbonyl (C=O) groups is 3. The summed E-state index contributed by atoms with van der Waals surface area (Å²) < 4.78 is 24.3. The van der Waals surface area contributed by atoms with Gasteiger partial charge in [0, 0.05) is 37.1 Å². The van der Waals surface area contributed by atoms with Crippen LogP contribution in [0.2, 0.25) is 0 Å². The van der Waals surface area contributed by atoms with Gasteiger partial charge < -0.3 is 24.0 Å². The Kier molecular flexibility index (Phi) is 5.59. The van der Waals surface area contributed by atoms with Gasteiger partial charge in [0.05, 0.1) is 6.26 Å². The van der Waals surface area contributed by atoms with E-state index in [0.29, 0.717) is 37.1 Å². The SMILES string of the molecule is O=C(Nc1c(C(=O)N2CCN(C(=O)c3ccco3)CC2)oc2ccccc12)c1ccc(F)cc1. The summed E-state index contributed by atoms with van der Waals surface area (Å²) in [5.74, 6) is -1.31. The molecule has 5 rings (SSSR count). The molecule has 9 heteroatoms. The Morgan fingerprint density at radius 2 is 1.50 bits per heavy atom. The summed E-state index contributed by atoms with van der Waals surface area (Å²) in [5.41, 5.74) is 0.950. The van der Waals surface area contributed by atoms with E-state index in [1.165, 1.54) is 30.5 Å². The highest BCUT2D eigenvalue weighted by Crippen LogP contribution is 2.32. The van der Waals surface area contributed by atoms with Crippen LogP contribution >= 0.6 is 0 Å². The maximum Gasteiger partial charge on any atom is 0.291 e. The van der Waals surface area contributed by atoms with Crippen molar-refractivity contribution < 1.29 is 27.6 Å². The maximum atomic E-state index is 13.4. The third kappa shape index (κ3) is 4.03. The number of carbonyl (C=O) groups excluding carboxylic acids is 3. The van der Waals surface area contributed by atoms with Crippen molar-refractivity contribution in [3.63, 3.8) is 0 Å². The summed E-state index contributed by atoms with van der Waals surface area (Å²) in [6, 6.07) is 15.4. The molecule has 0 unspecified atom stereocenters. The van der Waals surface area contributed by atoms with Gasteiger partial charge in [-0.1, -0.05) is 12.1 Å². The zero-order valence-corrected chi connectivity index (χ0v) is 18.0. The number of hydrogen-bond acceptors (Lipinski definition) is 5. The Morgan fingerprint density at radius 1 is 0.824 bits per heavy atom. The van der Waals surface area contributed by atoms with E-state index in [1.54, 1.807) is 46.2 Å². The lowest BCUT2D eigenvalue weighted by molar-refractivity contribution is 0.0504. The zero-order chi connectivity index (χ0) is 23.7. The van der Waals surface area contributed by atoms with Crippen molar-refractivity contribution >= 4 is 34.4 Å². The first-order valence-corrected chi connectivity index (χ1v) is 10.7. The van der Waals surface area contributed by atoms with Gasteiger partial charge in [0.15, 0.2) is 5.76 Å². The van der Waals surface area contributed by atoms with E-state index in [0.717, 1.165) is 0 Å². The molecule has 172 valence electrons. The Labute approximate surface area is 193 Å². The third-order valence-electron chi connectivity index (χ3n) is 5.72. The van der Waals surface area contributed by atoms with Gasteiger partial charge in [0.25, 0.3) is 17.7 Å². The number of nitrogens with one attached hydrogen (secondary N) is 1. The number of benzene rings is 2. The molecule has 3 heterocycles. The smallest absolute Gasteiger partial charge is 0.291 e. The van der Waals surface area contributed by atoms with Crippen LogP contribution in [0.3, 0.4) is 0 Å². The number of piperazine rings is 1. The van der Waals surface area contributed by atoms with Crippen LogP contribution < -0.4 is 5.32 Å². The summed E-state index contributed by atoms with van der Waals surface area (Å²) in [4.78, 5) is 41.9. The molecule has 34 heavy (non-hydrogen) atoms. The number of amides is 3. The molecule has 3 amide bonds. The van der Waals surface area contributed by atoms with Crippen molar-refractivity contribution in [2.75, 3.05) is 31.5 Å². The molecule has 8 nitrogen and oxygen atoms in total. The molecule has 0 radical (unpaired) electrons. The number of nitrogens with zero attached hydrogens (tertiary/aromatic N) is 2. The van der Waals surface area contributed by atoms with Crippen LogP contribution in [0.1, 0.15) is 31.5 Å². The number of furan rings is 2. The second kappa shape index (κ2) is 8.86. The zero-order valence-electron chi connectivity index (χ0n) is 18.0. The van der Waals surface area contributed by atoms with Crippen molar-refractivity contribution in [1.82, 2.24) is 9.80 Å². The van der Waals surface area contributed by atoms with Gasteiger partial charge in [-0.3, -0.25) is 14.4 Å². The van der Waals surface area contributed by atoms with Crippen LogP contribution in [0.4, 0.5) is 10.1 Å². The molecule has 2 aromatic carbocycles. The summed E-state index contributed by atoms with van der Waals surface area (Å²) in [6.07, 6.45) is 1.44. The molecule has 0 aliphatic carbocycles. The molecule has 1 fully saturated rings. The number of para-hydroxylation sites is 1. The Morgan fingerprint density at radius 3 is 2.18 bits per heavy atom. The van der Waals surface area contributed by atoms with Gasteiger partial charge in [-0.2, -0.15) is 0 Å². The van der Waals surface area contributed by atoms with Crippen molar-refractivity contribution in [2.24, 2.45) is 0 Å². The van der Waals surface area contributed by atoms with Gasteiger partial charge in [-0.05, 0) is 48.5 Å². The topological polar surface area (TPSA) is 96.0 Å². The number of anilines is 1. The summed E-state index contributed by atoms with van der Waals surface area (Å²) in [5, 5.41) is 3.33. The molecule has 0 bridgehead atoms. The molecule has 2 aromatic heterocycles. The minimum Gasteiger partial charge on any atom is -0.459 e. The first-order chi connectivity index (χ1) is 16.5. The molecule has 1 saturated heterocycles. The molecule has 0 saturated carbocycles. The predicted molar refractivity (Wildman–Crippen MR) is 121 cm³/mol. The fourth-order valence-corrected chi connectivity index (χ4v) is 3.92. The largest absolute Gasteiger partial charge is 0.459 e. The average Bonchev–Trinajstić information content (AvgIpc) is 3.53. The van der Waals surface area contributed by atoms with E-state index in [2.05, 4.69) is 5.32 Å². The van der Waals surface area contributed by atoms with Crippen molar-refractivity contribution in [3.05, 3.63) is 89.8 Å². The number of fused-ring (bicyclic) bond motifs is 1. The number of hydrogen-bond donors (Lipinski definition) is 1. The quantitative estimate of drug-likeness (QED) is 0.495. The van der Waals surface area contributed by atoms with E-state index >= 15 is 0 Å². The van der Waals surface area contributed by atoms with E-state index in [4.69, 9.17) is 8.83 Å². The second-order valence-electron chi connectivity index (χ2n) is 7.83. The lowest BCUT2D eigenvalue weighted by Crippen LogP contribution is -2.50. The van der Waals surface area contributed by atoms with E-state index in [-0.39, 0.29) is 28.7 Å². The van der Waals surface area contributed by atoms with Crippen LogP contribution in [0.15, 0.2) is 75.8 Å². The summed E-state index contributed by atoms with van der Waals surface area (Å²) >= 11 is 0. The molecule has 4 aromatic rings. The van der Waals surface area contributed by atoms with Crippen LogP contribution in [-0.4, -0.2) is 53.7 Å². The molecular weight excluding hydrogens is 441 g/mol. The highest BCUT2D eigenvalue weighted by molar-refractivity contribution is 6.14. The lowest BCUT2D eigenvalue weighted by Gasteiger charge is -2.34. The van der Waals surface area contributed by atoms with Crippen molar-refractivity contribution in [1.29, 1.82) is 0 Å². The van der Waals surface area contributed by atoms with Crippen LogP contribution in [-0.2, 0) is 0 Å². The number of rotatable bonds is 4. The fourth-order valence-electron chi connectivity index (χ4n) is 3.92. The monoisotopic (exact) mass is 461 g/mol.